The zero-order valence-corrected chi connectivity index (χ0v) is 8.88. The summed E-state index contributed by atoms with van der Waals surface area (Å²) in [5.74, 6) is 0.195. The first-order valence-corrected chi connectivity index (χ1v) is 5.18. The van der Waals surface area contributed by atoms with Crippen LogP contribution in [0.4, 0.5) is 0 Å². The minimum atomic E-state index is 0.0947. The van der Waals surface area contributed by atoms with Crippen LogP contribution in [0.15, 0.2) is 0 Å². The van der Waals surface area contributed by atoms with Gasteiger partial charge >= 0.3 is 0 Å². The number of rotatable bonds is 3. The molecule has 1 N–H and O–H groups in total. The van der Waals surface area contributed by atoms with E-state index in [2.05, 4.69) is 5.32 Å². The average molecular weight is 198 g/mol. The molecule has 1 heterocycles. The van der Waals surface area contributed by atoms with Crippen LogP contribution in [-0.2, 0) is 9.59 Å². The molecule has 80 valence electrons. The molecule has 0 spiro atoms. The first-order valence-electron chi connectivity index (χ1n) is 5.18. The van der Waals surface area contributed by atoms with Gasteiger partial charge in [-0.1, -0.05) is 6.92 Å². The monoisotopic (exact) mass is 198 g/mol. The maximum atomic E-state index is 11.3. The van der Waals surface area contributed by atoms with E-state index in [1.165, 1.54) is 0 Å². The summed E-state index contributed by atoms with van der Waals surface area (Å²) in [4.78, 5) is 24.1. The fourth-order valence-corrected chi connectivity index (χ4v) is 1.69. The molecule has 2 amide bonds. The van der Waals surface area contributed by atoms with Crippen molar-refractivity contribution in [2.45, 2.75) is 39.2 Å². The molecule has 1 atom stereocenters. The van der Waals surface area contributed by atoms with Crippen LogP contribution in [0.3, 0.4) is 0 Å². The standard InChI is InChI=1S/C10H18N2O2/c1-3-4-10(14)11-9-5-6-12(7-9)8(2)13/h9H,3-7H2,1-2H3,(H,11,14). The minimum absolute atomic E-state index is 0.0947. The van der Waals surface area contributed by atoms with Crippen molar-refractivity contribution in [3.63, 3.8) is 0 Å². The van der Waals surface area contributed by atoms with Crippen molar-refractivity contribution >= 4 is 11.8 Å². The van der Waals surface area contributed by atoms with Crippen molar-refractivity contribution in [2.75, 3.05) is 13.1 Å². The van der Waals surface area contributed by atoms with Gasteiger partial charge in [-0.2, -0.15) is 0 Å². The number of nitrogens with zero attached hydrogens (tertiary/aromatic N) is 1. The molecule has 1 aliphatic rings. The first kappa shape index (κ1) is 11.0. The van der Waals surface area contributed by atoms with Gasteiger partial charge in [0.25, 0.3) is 0 Å². The third-order valence-electron chi connectivity index (χ3n) is 2.48. The lowest BCUT2D eigenvalue weighted by molar-refractivity contribution is -0.128. The van der Waals surface area contributed by atoms with Crippen LogP contribution in [0.1, 0.15) is 33.1 Å². The molecule has 0 aliphatic carbocycles. The number of carbonyl (C=O) groups excluding carboxylic acids is 2. The highest BCUT2D eigenvalue weighted by atomic mass is 16.2. The lowest BCUT2D eigenvalue weighted by Crippen LogP contribution is -2.37. The molecule has 0 aromatic rings. The maximum absolute atomic E-state index is 11.3. The molecule has 0 saturated carbocycles. The molecule has 0 bridgehead atoms. The number of hydrogen-bond donors (Lipinski definition) is 1. The average Bonchev–Trinajstić information content (AvgIpc) is 2.53. The van der Waals surface area contributed by atoms with Gasteiger partial charge in [-0.05, 0) is 12.8 Å². The SMILES string of the molecule is CCCC(=O)NC1CCN(C(C)=O)C1. The van der Waals surface area contributed by atoms with Gasteiger partial charge in [0.15, 0.2) is 0 Å². The van der Waals surface area contributed by atoms with Crippen molar-refractivity contribution < 1.29 is 9.59 Å². The smallest absolute Gasteiger partial charge is 0.220 e. The van der Waals surface area contributed by atoms with Crippen LogP contribution in [0.2, 0.25) is 0 Å². The summed E-state index contributed by atoms with van der Waals surface area (Å²) < 4.78 is 0. The van der Waals surface area contributed by atoms with Crippen molar-refractivity contribution in [1.29, 1.82) is 0 Å². The summed E-state index contributed by atoms with van der Waals surface area (Å²) >= 11 is 0. The third-order valence-corrected chi connectivity index (χ3v) is 2.48. The molecule has 1 rings (SSSR count). The lowest BCUT2D eigenvalue weighted by atomic mass is 10.2. The molecule has 4 heteroatoms. The Morgan fingerprint density at radius 2 is 2.21 bits per heavy atom. The van der Waals surface area contributed by atoms with Gasteiger partial charge in [-0.25, -0.2) is 0 Å². The fourth-order valence-electron chi connectivity index (χ4n) is 1.69. The Kier molecular flexibility index (Phi) is 3.92. The first-order chi connectivity index (χ1) is 6.63. The molecule has 1 fully saturated rings. The van der Waals surface area contributed by atoms with E-state index >= 15 is 0 Å². The van der Waals surface area contributed by atoms with Crippen molar-refractivity contribution in [3.8, 4) is 0 Å². The van der Waals surface area contributed by atoms with Gasteiger partial charge in [-0.15, -0.1) is 0 Å². The Labute approximate surface area is 84.7 Å². The van der Waals surface area contributed by atoms with Crippen molar-refractivity contribution in [3.05, 3.63) is 0 Å². The van der Waals surface area contributed by atoms with E-state index in [0.717, 1.165) is 19.4 Å². The molecular formula is C10H18N2O2. The van der Waals surface area contributed by atoms with E-state index < -0.39 is 0 Å². The number of amides is 2. The molecule has 4 nitrogen and oxygen atoms in total. The highest BCUT2D eigenvalue weighted by molar-refractivity contribution is 5.77. The van der Waals surface area contributed by atoms with E-state index in [1.54, 1.807) is 11.8 Å². The third kappa shape index (κ3) is 3.01. The van der Waals surface area contributed by atoms with Crippen molar-refractivity contribution in [2.24, 2.45) is 0 Å². The molecule has 14 heavy (non-hydrogen) atoms. The zero-order chi connectivity index (χ0) is 10.6. The maximum Gasteiger partial charge on any atom is 0.220 e. The summed E-state index contributed by atoms with van der Waals surface area (Å²) in [6.45, 7) is 4.99. The quantitative estimate of drug-likeness (QED) is 0.719. The van der Waals surface area contributed by atoms with Crippen LogP contribution >= 0.6 is 0 Å². The van der Waals surface area contributed by atoms with Crippen LogP contribution in [-0.4, -0.2) is 35.8 Å². The Balaban J connectivity index is 2.28. The number of carbonyl (C=O) groups is 2. The van der Waals surface area contributed by atoms with E-state index in [-0.39, 0.29) is 17.9 Å². The molecular weight excluding hydrogens is 180 g/mol. The highest BCUT2D eigenvalue weighted by Gasteiger charge is 2.24. The predicted molar refractivity (Wildman–Crippen MR) is 53.7 cm³/mol. The van der Waals surface area contributed by atoms with Crippen LogP contribution in [0.5, 0.6) is 0 Å². The molecule has 0 aromatic heterocycles. The number of nitrogens with one attached hydrogen (secondary N) is 1. The predicted octanol–water partition coefficient (Wildman–Crippen LogP) is 0.524. The fraction of sp³-hybridized carbons (Fsp3) is 0.800. The molecule has 1 aliphatic heterocycles. The Bertz CT molecular complexity index is 228. The van der Waals surface area contributed by atoms with Crippen LogP contribution in [0, 0.1) is 0 Å². The largest absolute Gasteiger partial charge is 0.352 e. The van der Waals surface area contributed by atoms with Gasteiger partial charge in [0.05, 0.1) is 0 Å². The normalized spacial score (nSPS) is 21.0. The minimum Gasteiger partial charge on any atom is -0.352 e. The topological polar surface area (TPSA) is 49.4 Å². The summed E-state index contributed by atoms with van der Waals surface area (Å²) in [7, 11) is 0. The van der Waals surface area contributed by atoms with Gasteiger partial charge in [0.1, 0.15) is 0 Å². The molecule has 0 radical (unpaired) electrons. The Morgan fingerprint density at radius 3 is 2.71 bits per heavy atom. The summed E-state index contributed by atoms with van der Waals surface area (Å²) in [5.41, 5.74) is 0. The van der Waals surface area contributed by atoms with Crippen LogP contribution < -0.4 is 5.32 Å². The van der Waals surface area contributed by atoms with Gasteiger partial charge < -0.3 is 10.2 Å². The van der Waals surface area contributed by atoms with E-state index in [0.29, 0.717) is 13.0 Å². The molecule has 1 unspecified atom stereocenters. The van der Waals surface area contributed by atoms with Crippen molar-refractivity contribution in [1.82, 2.24) is 10.2 Å². The molecule has 1 saturated heterocycles. The second-order valence-electron chi connectivity index (χ2n) is 3.77. The van der Waals surface area contributed by atoms with Gasteiger partial charge in [0.2, 0.25) is 11.8 Å². The highest BCUT2D eigenvalue weighted by Crippen LogP contribution is 2.09. The van der Waals surface area contributed by atoms with Gasteiger partial charge in [-0.3, -0.25) is 9.59 Å². The number of hydrogen-bond acceptors (Lipinski definition) is 2. The zero-order valence-electron chi connectivity index (χ0n) is 8.88. The summed E-state index contributed by atoms with van der Waals surface area (Å²) in [6, 6.07) is 0.165. The Morgan fingerprint density at radius 1 is 1.50 bits per heavy atom. The van der Waals surface area contributed by atoms with Crippen LogP contribution in [0.25, 0.3) is 0 Å². The van der Waals surface area contributed by atoms with E-state index in [4.69, 9.17) is 0 Å². The number of likely N-dealkylation sites (tertiary alicyclic amines) is 1. The van der Waals surface area contributed by atoms with E-state index in [1.807, 2.05) is 6.92 Å². The summed E-state index contributed by atoms with van der Waals surface area (Å²) in [6.07, 6.45) is 2.33. The van der Waals surface area contributed by atoms with Gasteiger partial charge in [0, 0.05) is 32.5 Å². The lowest BCUT2D eigenvalue weighted by Gasteiger charge is -2.14. The second kappa shape index (κ2) is 4.98. The summed E-state index contributed by atoms with van der Waals surface area (Å²) in [5, 5.41) is 2.93. The second-order valence-corrected chi connectivity index (χ2v) is 3.77. The molecule has 0 aromatic carbocycles. The van der Waals surface area contributed by atoms with E-state index in [9.17, 15) is 9.59 Å². The Hall–Kier alpha value is -1.06.